The summed E-state index contributed by atoms with van der Waals surface area (Å²) in [4.78, 5) is 35.3. The molecule has 0 aromatic heterocycles. The average molecular weight is 288 g/mol. The summed E-state index contributed by atoms with van der Waals surface area (Å²) < 4.78 is 9.73. The van der Waals surface area contributed by atoms with Crippen LogP contribution in [0.1, 0.15) is 34.0 Å². The van der Waals surface area contributed by atoms with Gasteiger partial charge in [0.15, 0.2) is 6.29 Å². The van der Waals surface area contributed by atoms with Gasteiger partial charge in [-0.05, 0) is 31.0 Å². The average Bonchev–Trinajstić information content (AvgIpc) is 2.87. The number of benzene rings is 1. The van der Waals surface area contributed by atoms with Gasteiger partial charge in [-0.3, -0.25) is 4.79 Å². The van der Waals surface area contributed by atoms with Crippen molar-refractivity contribution < 1.29 is 23.9 Å². The van der Waals surface area contributed by atoms with Gasteiger partial charge in [-0.1, -0.05) is 6.07 Å². The Hall–Kier alpha value is -2.43. The Morgan fingerprint density at radius 1 is 1.29 bits per heavy atom. The Morgan fingerprint density at radius 3 is 2.57 bits per heavy atom. The molecular weight excluding hydrogens is 272 g/mol. The Labute approximate surface area is 122 Å². The molecule has 0 saturated heterocycles. The molecule has 0 N–H and O–H groups in total. The second-order valence-electron chi connectivity index (χ2n) is 4.68. The minimum absolute atomic E-state index is 0.215. The highest BCUT2D eigenvalue weighted by atomic mass is 16.5. The summed E-state index contributed by atoms with van der Waals surface area (Å²) in [6, 6.07) is 3.39. The Balaban J connectivity index is 2.64. The van der Waals surface area contributed by atoms with E-state index in [9.17, 15) is 14.4 Å². The third-order valence-electron chi connectivity index (χ3n) is 3.54. The van der Waals surface area contributed by atoms with E-state index in [1.54, 1.807) is 19.1 Å². The van der Waals surface area contributed by atoms with Crippen molar-refractivity contribution in [1.82, 2.24) is 0 Å². The monoisotopic (exact) mass is 288 g/mol. The lowest BCUT2D eigenvalue weighted by atomic mass is 9.96. The number of rotatable bonds is 4. The minimum atomic E-state index is -0.532. The maximum atomic E-state index is 12.0. The zero-order chi connectivity index (χ0) is 15.6. The van der Waals surface area contributed by atoms with Gasteiger partial charge < -0.3 is 9.47 Å². The highest BCUT2D eigenvalue weighted by Gasteiger charge is 2.31. The second-order valence-corrected chi connectivity index (χ2v) is 4.68. The van der Waals surface area contributed by atoms with Gasteiger partial charge in [0.2, 0.25) is 0 Å². The first kappa shape index (κ1) is 15.0. The number of carbonyl (C=O) groups excluding carboxylic acids is 3. The van der Waals surface area contributed by atoms with Gasteiger partial charge in [0, 0.05) is 17.6 Å². The van der Waals surface area contributed by atoms with Crippen molar-refractivity contribution in [2.45, 2.75) is 20.3 Å². The third kappa shape index (κ3) is 2.46. The maximum absolute atomic E-state index is 12.0. The van der Waals surface area contributed by atoms with Crippen molar-refractivity contribution >= 4 is 23.8 Å². The van der Waals surface area contributed by atoms with Crippen molar-refractivity contribution in [3.63, 3.8) is 0 Å². The molecule has 0 bridgehead atoms. The van der Waals surface area contributed by atoms with Crippen LogP contribution in [0.4, 0.5) is 0 Å². The van der Waals surface area contributed by atoms with Crippen LogP contribution < -0.4 is 0 Å². The van der Waals surface area contributed by atoms with Crippen LogP contribution in [0.2, 0.25) is 0 Å². The molecule has 0 atom stereocenters. The predicted molar refractivity (Wildman–Crippen MR) is 75.8 cm³/mol. The van der Waals surface area contributed by atoms with E-state index in [4.69, 9.17) is 9.47 Å². The molecule has 0 saturated carbocycles. The Morgan fingerprint density at radius 2 is 2.00 bits per heavy atom. The molecule has 0 heterocycles. The van der Waals surface area contributed by atoms with Crippen LogP contribution in [-0.4, -0.2) is 31.9 Å². The van der Waals surface area contributed by atoms with Gasteiger partial charge in [-0.25, -0.2) is 9.59 Å². The first-order chi connectivity index (χ1) is 10.0. The molecule has 0 unspecified atom stereocenters. The Kier molecular flexibility index (Phi) is 4.21. The summed E-state index contributed by atoms with van der Waals surface area (Å²) in [5, 5.41) is 0. The number of hydrogen-bond acceptors (Lipinski definition) is 5. The lowest BCUT2D eigenvalue weighted by Gasteiger charge is -2.09. The normalized spacial score (nSPS) is 12.9. The highest BCUT2D eigenvalue weighted by molar-refractivity contribution is 6.21. The maximum Gasteiger partial charge on any atom is 0.338 e. The number of ether oxygens (including phenoxy) is 2. The van der Waals surface area contributed by atoms with Gasteiger partial charge in [-0.2, -0.15) is 0 Å². The van der Waals surface area contributed by atoms with Gasteiger partial charge in [0.1, 0.15) is 0 Å². The molecule has 1 aliphatic rings. The topological polar surface area (TPSA) is 69.7 Å². The fourth-order valence-corrected chi connectivity index (χ4v) is 2.52. The smallest absolute Gasteiger partial charge is 0.338 e. The zero-order valence-corrected chi connectivity index (χ0v) is 12.2. The molecule has 1 aromatic rings. The summed E-state index contributed by atoms with van der Waals surface area (Å²) in [7, 11) is 1.28. The fraction of sp³-hybridized carbons (Fsp3) is 0.312. The van der Waals surface area contributed by atoms with Crippen molar-refractivity contribution in [3.05, 3.63) is 40.0 Å². The number of aryl methyl sites for hydroxylation is 1. The van der Waals surface area contributed by atoms with Gasteiger partial charge in [0.25, 0.3) is 0 Å². The number of fused-ring (bicyclic) bond motifs is 1. The van der Waals surface area contributed by atoms with E-state index in [-0.39, 0.29) is 12.2 Å². The van der Waals surface area contributed by atoms with Crippen LogP contribution in [-0.2, 0) is 25.5 Å². The molecule has 2 rings (SSSR count). The number of carbonyl (C=O) groups is 3. The number of methoxy groups -OCH3 is 1. The van der Waals surface area contributed by atoms with Crippen LogP contribution in [0.15, 0.2) is 17.7 Å². The molecule has 21 heavy (non-hydrogen) atoms. The van der Waals surface area contributed by atoms with E-state index in [0.29, 0.717) is 29.4 Å². The van der Waals surface area contributed by atoms with Crippen molar-refractivity contribution in [3.8, 4) is 0 Å². The van der Waals surface area contributed by atoms with Crippen LogP contribution >= 0.6 is 0 Å². The first-order valence-electron chi connectivity index (χ1n) is 6.61. The second kappa shape index (κ2) is 5.91. The fourth-order valence-electron chi connectivity index (χ4n) is 2.52. The molecule has 1 aromatic carbocycles. The lowest BCUT2D eigenvalue weighted by Crippen LogP contribution is -2.09. The lowest BCUT2D eigenvalue weighted by molar-refractivity contribution is -0.138. The van der Waals surface area contributed by atoms with Crippen LogP contribution in [0.5, 0.6) is 0 Å². The van der Waals surface area contributed by atoms with Gasteiger partial charge in [-0.15, -0.1) is 0 Å². The van der Waals surface area contributed by atoms with Gasteiger partial charge >= 0.3 is 11.9 Å². The van der Waals surface area contributed by atoms with Crippen molar-refractivity contribution in [1.29, 1.82) is 0 Å². The summed E-state index contributed by atoms with van der Waals surface area (Å²) >= 11 is 0. The summed E-state index contributed by atoms with van der Waals surface area (Å²) in [5.41, 5.74) is 2.99. The van der Waals surface area contributed by atoms with Crippen molar-refractivity contribution in [2.24, 2.45) is 0 Å². The summed E-state index contributed by atoms with van der Waals surface area (Å²) in [6.07, 6.45) is 0.892. The van der Waals surface area contributed by atoms with Crippen LogP contribution in [0.3, 0.4) is 0 Å². The van der Waals surface area contributed by atoms with E-state index >= 15 is 0 Å². The quantitative estimate of drug-likeness (QED) is 0.624. The largest absolute Gasteiger partial charge is 0.465 e. The summed E-state index contributed by atoms with van der Waals surface area (Å²) in [5.74, 6) is -1.05. The predicted octanol–water partition coefficient (Wildman–Crippen LogP) is 1.85. The molecule has 0 aliphatic heterocycles. The third-order valence-corrected chi connectivity index (χ3v) is 3.54. The first-order valence-corrected chi connectivity index (χ1v) is 6.61. The number of esters is 2. The van der Waals surface area contributed by atoms with E-state index in [1.807, 2.05) is 6.92 Å². The van der Waals surface area contributed by atoms with E-state index in [0.717, 1.165) is 11.1 Å². The summed E-state index contributed by atoms with van der Waals surface area (Å²) in [6.45, 7) is 3.80. The Bertz CT molecular complexity index is 655. The molecule has 0 fully saturated rings. The molecule has 110 valence electrons. The molecule has 1 aliphatic carbocycles. The number of hydrogen-bond donors (Lipinski definition) is 0. The van der Waals surface area contributed by atoms with Crippen LogP contribution in [0, 0.1) is 6.92 Å². The van der Waals surface area contributed by atoms with Crippen molar-refractivity contribution in [2.75, 3.05) is 13.7 Å². The molecular formula is C16H16O5. The zero-order valence-electron chi connectivity index (χ0n) is 12.2. The molecule has 0 radical (unpaired) electrons. The molecule has 5 nitrogen and oxygen atoms in total. The molecule has 0 spiro atoms. The van der Waals surface area contributed by atoms with E-state index in [2.05, 4.69) is 0 Å². The highest BCUT2D eigenvalue weighted by Crippen LogP contribution is 2.37. The SMILES string of the molecule is CCOC(=O)C1=C(C=O)c2c(C(=O)OC)ccc(C)c2C1. The standard InChI is InChI=1S/C16H16O5/c1-4-21-16(19)12-7-11-9(2)5-6-10(15(18)20-3)14(11)13(12)8-17/h5-6,8H,4,7H2,1-3H3. The van der Waals surface area contributed by atoms with E-state index < -0.39 is 11.9 Å². The molecule has 0 amide bonds. The number of aldehydes is 1. The minimum Gasteiger partial charge on any atom is -0.465 e. The van der Waals surface area contributed by atoms with Crippen LogP contribution in [0.25, 0.3) is 5.57 Å². The van der Waals surface area contributed by atoms with E-state index in [1.165, 1.54) is 7.11 Å². The molecule has 5 heteroatoms. The number of allylic oxidation sites excluding steroid dienone is 1. The van der Waals surface area contributed by atoms with Gasteiger partial charge in [0.05, 0.1) is 24.9 Å².